The summed E-state index contributed by atoms with van der Waals surface area (Å²) in [5.74, 6) is -9.99. The van der Waals surface area contributed by atoms with Crippen LogP contribution in [0, 0.1) is 0 Å². The Labute approximate surface area is 136 Å². The van der Waals surface area contributed by atoms with Crippen molar-refractivity contribution in [1.29, 1.82) is 0 Å². The summed E-state index contributed by atoms with van der Waals surface area (Å²) in [6.07, 6.45) is -8.44. The second-order valence-corrected chi connectivity index (χ2v) is 6.12. The summed E-state index contributed by atoms with van der Waals surface area (Å²) < 4.78 is 124. The predicted octanol–water partition coefficient (Wildman–Crippen LogP) is 5.01. The van der Waals surface area contributed by atoms with Crippen LogP contribution in [0.5, 0.6) is 5.75 Å². The second-order valence-electron chi connectivity index (χ2n) is 4.52. The molecule has 25 heavy (non-hydrogen) atoms. The molecule has 0 saturated heterocycles. The standard InChI is InChI=1S/C12H11F8O4P/c13-9(14)11(17,18)6-22-25(21,23-7-12(19,20)10(15)16)24-8-4-2-1-3-5-8/h1-5,9-10H,6-7H2. The number of phosphoric ester groups is 1. The van der Waals surface area contributed by atoms with Crippen LogP contribution in [0.15, 0.2) is 30.3 Å². The SMILES string of the molecule is O=P(OCC(F)(F)C(F)F)(OCC(F)(F)C(F)F)Oc1ccccc1. The summed E-state index contributed by atoms with van der Waals surface area (Å²) in [5, 5.41) is 0. The summed E-state index contributed by atoms with van der Waals surface area (Å²) in [7, 11) is -5.34. The van der Waals surface area contributed by atoms with Gasteiger partial charge in [0.1, 0.15) is 19.0 Å². The highest BCUT2D eigenvalue weighted by Gasteiger charge is 2.47. The van der Waals surface area contributed by atoms with Crippen LogP contribution < -0.4 is 4.52 Å². The number of halogens is 8. The smallest absolute Gasteiger partial charge is 0.404 e. The van der Waals surface area contributed by atoms with Crippen molar-refractivity contribution in [3.63, 3.8) is 0 Å². The topological polar surface area (TPSA) is 44.8 Å². The van der Waals surface area contributed by atoms with Gasteiger partial charge < -0.3 is 4.52 Å². The van der Waals surface area contributed by atoms with Gasteiger partial charge in [-0.05, 0) is 12.1 Å². The van der Waals surface area contributed by atoms with Crippen molar-refractivity contribution in [3.8, 4) is 5.75 Å². The minimum atomic E-state index is -5.34. The van der Waals surface area contributed by atoms with E-state index in [1.807, 2.05) is 0 Å². The molecule has 0 amide bonds. The first-order chi connectivity index (χ1) is 11.4. The van der Waals surface area contributed by atoms with E-state index in [-0.39, 0.29) is 5.75 Å². The molecule has 1 rings (SSSR count). The molecule has 0 spiro atoms. The lowest BCUT2D eigenvalue weighted by atomic mass is 10.3. The van der Waals surface area contributed by atoms with Gasteiger partial charge in [-0.2, -0.15) is 17.6 Å². The Morgan fingerprint density at radius 2 is 1.24 bits per heavy atom. The second kappa shape index (κ2) is 8.33. The third-order valence-corrected chi connectivity index (χ3v) is 3.75. The molecule has 0 atom stereocenters. The monoisotopic (exact) mass is 402 g/mol. The fraction of sp³-hybridized carbons (Fsp3) is 0.500. The maximum absolute atomic E-state index is 12.8. The molecule has 0 aromatic heterocycles. The molecule has 0 radical (unpaired) electrons. The molecule has 144 valence electrons. The van der Waals surface area contributed by atoms with E-state index < -0.39 is 45.7 Å². The lowest BCUT2D eigenvalue weighted by Crippen LogP contribution is -2.34. The molecule has 1 aromatic rings. The number of benzene rings is 1. The number of phosphoric acid groups is 1. The Kier molecular flexibility index (Phi) is 7.21. The van der Waals surface area contributed by atoms with Crippen molar-refractivity contribution in [1.82, 2.24) is 0 Å². The minimum Gasteiger partial charge on any atom is -0.404 e. The summed E-state index contributed by atoms with van der Waals surface area (Å²) in [5.41, 5.74) is 0. The number of hydrogen-bond acceptors (Lipinski definition) is 4. The van der Waals surface area contributed by atoms with Crippen molar-refractivity contribution in [2.45, 2.75) is 24.7 Å². The van der Waals surface area contributed by atoms with E-state index in [0.29, 0.717) is 0 Å². The number of para-hydroxylation sites is 1. The molecule has 0 unspecified atom stereocenters. The van der Waals surface area contributed by atoms with Crippen molar-refractivity contribution in [3.05, 3.63) is 30.3 Å². The van der Waals surface area contributed by atoms with Gasteiger partial charge in [0.2, 0.25) is 0 Å². The Morgan fingerprint density at radius 1 is 0.840 bits per heavy atom. The van der Waals surface area contributed by atoms with E-state index in [4.69, 9.17) is 0 Å². The Hall–Kier alpha value is -1.39. The van der Waals surface area contributed by atoms with Crippen LogP contribution in [-0.4, -0.2) is 37.9 Å². The number of rotatable bonds is 10. The highest BCUT2D eigenvalue weighted by Crippen LogP contribution is 2.51. The molecular formula is C12H11F8O4P. The average Bonchev–Trinajstić information content (AvgIpc) is 2.52. The molecule has 1 aromatic carbocycles. The maximum Gasteiger partial charge on any atom is 0.530 e. The number of hydrogen-bond donors (Lipinski definition) is 0. The first-order valence-electron chi connectivity index (χ1n) is 6.34. The van der Waals surface area contributed by atoms with Crippen LogP contribution in [0.25, 0.3) is 0 Å². The van der Waals surface area contributed by atoms with Crippen molar-refractivity contribution < 1.29 is 53.3 Å². The zero-order chi connectivity index (χ0) is 19.3. The molecule has 0 aliphatic carbocycles. The van der Waals surface area contributed by atoms with Gasteiger partial charge in [0.15, 0.2) is 0 Å². The zero-order valence-corrected chi connectivity index (χ0v) is 13.0. The minimum absolute atomic E-state index is 0.383. The first kappa shape index (κ1) is 21.7. The quantitative estimate of drug-likeness (QED) is 0.408. The summed E-state index contributed by atoms with van der Waals surface area (Å²) >= 11 is 0. The average molecular weight is 402 g/mol. The van der Waals surface area contributed by atoms with Crippen molar-refractivity contribution in [2.75, 3.05) is 13.2 Å². The third-order valence-electron chi connectivity index (χ3n) is 2.43. The fourth-order valence-electron chi connectivity index (χ4n) is 1.16. The number of alkyl halides is 8. The van der Waals surface area contributed by atoms with Crippen molar-refractivity contribution in [2.24, 2.45) is 0 Å². The van der Waals surface area contributed by atoms with Crippen LogP contribution in [0.2, 0.25) is 0 Å². The molecule has 0 aliphatic heterocycles. The Bertz CT molecular complexity index is 556. The van der Waals surface area contributed by atoms with E-state index in [9.17, 15) is 39.7 Å². The molecule has 4 nitrogen and oxygen atoms in total. The predicted molar refractivity (Wildman–Crippen MR) is 68.5 cm³/mol. The van der Waals surface area contributed by atoms with Crippen LogP contribution in [0.3, 0.4) is 0 Å². The molecule has 0 aliphatic rings. The van der Waals surface area contributed by atoms with E-state index in [0.717, 1.165) is 12.1 Å². The summed E-state index contributed by atoms with van der Waals surface area (Å²) in [4.78, 5) is 0. The van der Waals surface area contributed by atoms with Gasteiger partial charge in [0.05, 0.1) is 0 Å². The van der Waals surface area contributed by atoms with Crippen LogP contribution >= 0.6 is 7.82 Å². The van der Waals surface area contributed by atoms with E-state index >= 15 is 0 Å². The van der Waals surface area contributed by atoms with Crippen LogP contribution in [0.1, 0.15) is 0 Å². The van der Waals surface area contributed by atoms with E-state index in [1.165, 1.54) is 18.2 Å². The van der Waals surface area contributed by atoms with E-state index in [2.05, 4.69) is 13.6 Å². The third kappa shape index (κ3) is 6.79. The molecule has 0 N–H and O–H groups in total. The molecule has 0 heterocycles. The highest BCUT2D eigenvalue weighted by molar-refractivity contribution is 7.48. The lowest BCUT2D eigenvalue weighted by molar-refractivity contribution is -0.161. The lowest BCUT2D eigenvalue weighted by Gasteiger charge is -2.23. The summed E-state index contributed by atoms with van der Waals surface area (Å²) in [6.45, 7) is -4.43. The fourth-order valence-corrected chi connectivity index (χ4v) is 2.38. The molecular weight excluding hydrogens is 391 g/mol. The van der Waals surface area contributed by atoms with Gasteiger partial charge in [-0.15, -0.1) is 0 Å². The van der Waals surface area contributed by atoms with Gasteiger partial charge >= 0.3 is 32.5 Å². The Balaban J connectivity index is 2.91. The van der Waals surface area contributed by atoms with Gasteiger partial charge in [0.25, 0.3) is 0 Å². The highest BCUT2D eigenvalue weighted by atomic mass is 31.2. The van der Waals surface area contributed by atoms with Crippen molar-refractivity contribution >= 4 is 7.82 Å². The van der Waals surface area contributed by atoms with Crippen LogP contribution in [-0.2, 0) is 13.6 Å². The molecule has 13 heteroatoms. The van der Waals surface area contributed by atoms with Crippen LogP contribution in [0.4, 0.5) is 35.1 Å². The first-order valence-corrected chi connectivity index (χ1v) is 7.80. The molecule has 0 saturated carbocycles. The van der Waals surface area contributed by atoms with Gasteiger partial charge in [0, 0.05) is 0 Å². The summed E-state index contributed by atoms with van der Waals surface area (Å²) in [6, 6.07) is 6.18. The molecule has 0 bridgehead atoms. The normalized spacial score (nSPS) is 13.5. The Morgan fingerprint density at radius 3 is 1.60 bits per heavy atom. The van der Waals surface area contributed by atoms with E-state index in [1.54, 1.807) is 0 Å². The zero-order valence-electron chi connectivity index (χ0n) is 12.1. The van der Waals surface area contributed by atoms with Gasteiger partial charge in [-0.25, -0.2) is 22.1 Å². The largest absolute Gasteiger partial charge is 0.530 e. The van der Waals surface area contributed by atoms with Gasteiger partial charge in [-0.3, -0.25) is 9.05 Å². The van der Waals surface area contributed by atoms with Gasteiger partial charge in [-0.1, -0.05) is 18.2 Å². The maximum atomic E-state index is 12.8. The molecule has 0 fully saturated rings.